The zero-order valence-corrected chi connectivity index (χ0v) is 20.6. The predicted molar refractivity (Wildman–Crippen MR) is 127 cm³/mol. The lowest BCUT2D eigenvalue weighted by Crippen LogP contribution is -2.45. The standard InChI is InChI=1S/C24H35FN6O/c1-22(2,3)14-24(7,8)30(9)21-18(23(4,5)6)29-19-16(13-27-31(19)21)20(32)28-15-10-11-17(25)26-12-15/h10-13,27H,14H2,1-9H3,(H,28,32). The number of pyridine rings is 1. The summed E-state index contributed by atoms with van der Waals surface area (Å²) >= 11 is 0. The molecule has 0 aliphatic rings. The number of nitrogens with one attached hydrogen (secondary N) is 2. The van der Waals surface area contributed by atoms with E-state index < -0.39 is 5.95 Å². The highest BCUT2D eigenvalue weighted by atomic mass is 19.1. The molecule has 0 bridgehead atoms. The quantitative estimate of drug-likeness (QED) is 0.519. The molecule has 3 aromatic rings. The summed E-state index contributed by atoms with van der Waals surface area (Å²) < 4.78 is 15.0. The number of H-pyrrole nitrogens is 1. The number of aromatic nitrogens is 4. The molecule has 32 heavy (non-hydrogen) atoms. The van der Waals surface area contributed by atoms with Crippen LogP contribution in [0.3, 0.4) is 0 Å². The molecule has 3 aromatic heterocycles. The van der Waals surface area contributed by atoms with Gasteiger partial charge in [-0.25, -0.2) is 14.5 Å². The third kappa shape index (κ3) is 4.79. The zero-order chi connectivity index (χ0) is 24.1. The smallest absolute Gasteiger partial charge is 0.261 e. The molecule has 8 heteroatoms. The molecule has 0 saturated heterocycles. The molecule has 0 fully saturated rings. The first-order valence-corrected chi connectivity index (χ1v) is 10.9. The van der Waals surface area contributed by atoms with Crippen molar-refractivity contribution in [2.45, 2.75) is 72.8 Å². The Hall–Kier alpha value is -2.90. The Labute approximate surface area is 189 Å². The number of aromatic amines is 1. The van der Waals surface area contributed by atoms with Crippen LogP contribution in [-0.4, -0.2) is 38.1 Å². The fourth-order valence-electron chi connectivity index (χ4n) is 4.24. The number of hydrogen-bond donors (Lipinski definition) is 2. The number of halogens is 1. The lowest BCUT2D eigenvalue weighted by molar-refractivity contribution is 0.102. The summed E-state index contributed by atoms with van der Waals surface area (Å²) in [6, 6.07) is 2.68. The molecule has 174 valence electrons. The van der Waals surface area contributed by atoms with E-state index in [1.165, 1.54) is 18.3 Å². The fraction of sp³-hybridized carbons (Fsp3) is 0.542. The maximum absolute atomic E-state index is 13.1. The van der Waals surface area contributed by atoms with Crippen LogP contribution in [0.1, 0.15) is 77.9 Å². The van der Waals surface area contributed by atoms with Crippen LogP contribution < -0.4 is 10.2 Å². The number of anilines is 2. The first-order valence-electron chi connectivity index (χ1n) is 10.9. The highest BCUT2D eigenvalue weighted by molar-refractivity contribution is 6.08. The molecule has 7 nitrogen and oxygen atoms in total. The number of rotatable bonds is 5. The molecule has 3 rings (SSSR count). The Kier molecular flexibility index (Phi) is 5.87. The van der Waals surface area contributed by atoms with Crippen molar-refractivity contribution >= 4 is 23.1 Å². The maximum Gasteiger partial charge on any atom is 0.261 e. The average molecular weight is 443 g/mol. The van der Waals surface area contributed by atoms with Crippen LogP contribution in [0.2, 0.25) is 0 Å². The molecule has 0 unspecified atom stereocenters. The summed E-state index contributed by atoms with van der Waals surface area (Å²) in [5.74, 6) is 0.00295. The van der Waals surface area contributed by atoms with Crippen LogP contribution in [0.15, 0.2) is 24.5 Å². The van der Waals surface area contributed by atoms with Crippen LogP contribution >= 0.6 is 0 Å². The Morgan fingerprint density at radius 2 is 1.81 bits per heavy atom. The van der Waals surface area contributed by atoms with Crippen LogP contribution in [0, 0.1) is 11.4 Å². The van der Waals surface area contributed by atoms with Crippen LogP contribution in [0.25, 0.3) is 5.65 Å². The van der Waals surface area contributed by atoms with Crippen molar-refractivity contribution < 1.29 is 9.18 Å². The minimum absolute atomic E-state index is 0.146. The molecule has 0 saturated carbocycles. The SMILES string of the molecule is CN(c1c(C(C)(C)C)nc2c(C(=O)Nc3ccc(F)nc3)c[nH]n12)C(C)(C)CC(C)(C)C. The van der Waals surface area contributed by atoms with E-state index in [1.54, 1.807) is 6.20 Å². The molecule has 0 aliphatic carbocycles. The molecule has 3 heterocycles. The second-order valence-corrected chi connectivity index (χ2v) is 11.3. The number of carbonyl (C=O) groups excluding carboxylic acids is 1. The number of nitrogens with zero attached hydrogens (tertiary/aromatic N) is 4. The van der Waals surface area contributed by atoms with Gasteiger partial charge in [-0.05, 0) is 37.8 Å². The highest BCUT2D eigenvalue weighted by Gasteiger charge is 2.36. The highest BCUT2D eigenvalue weighted by Crippen LogP contribution is 2.39. The molecule has 0 spiro atoms. The minimum Gasteiger partial charge on any atom is -0.353 e. The zero-order valence-electron chi connectivity index (χ0n) is 20.6. The summed E-state index contributed by atoms with van der Waals surface area (Å²) in [6.07, 6.45) is 3.91. The normalized spacial score (nSPS) is 12.9. The molecule has 0 aromatic carbocycles. The van der Waals surface area contributed by atoms with Crippen LogP contribution in [0.4, 0.5) is 15.9 Å². The van der Waals surface area contributed by atoms with Gasteiger partial charge in [-0.2, -0.15) is 4.39 Å². The van der Waals surface area contributed by atoms with Crippen molar-refractivity contribution in [3.8, 4) is 0 Å². The molecule has 2 N–H and O–H groups in total. The van der Waals surface area contributed by atoms with Gasteiger partial charge in [0, 0.05) is 24.2 Å². The van der Waals surface area contributed by atoms with E-state index >= 15 is 0 Å². The summed E-state index contributed by atoms with van der Waals surface area (Å²) in [4.78, 5) is 23.7. The second kappa shape index (κ2) is 7.90. The van der Waals surface area contributed by atoms with Crippen molar-refractivity contribution in [2.24, 2.45) is 5.41 Å². The van der Waals surface area contributed by atoms with Gasteiger partial charge in [0.15, 0.2) is 11.5 Å². The molecular formula is C24H35FN6O. The molecule has 0 radical (unpaired) electrons. The van der Waals surface area contributed by atoms with Gasteiger partial charge in [0.1, 0.15) is 5.56 Å². The molecule has 0 aliphatic heterocycles. The Morgan fingerprint density at radius 3 is 2.34 bits per heavy atom. The van der Waals surface area contributed by atoms with E-state index in [0.29, 0.717) is 16.9 Å². The van der Waals surface area contributed by atoms with E-state index in [-0.39, 0.29) is 22.3 Å². The first-order chi connectivity index (χ1) is 14.6. The van der Waals surface area contributed by atoms with Gasteiger partial charge in [-0.15, -0.1) is 0 Å². The van der Waals surface area contributed by atoms with E-state index in [9.17, 15) is 9.18 Å². The van der Waals surface area contributed by atoms with Crippen molar-refractivity contribution in [3.63, 3.8) is 0 Å². The summed E-state index contributed by atoms with van der Waals surface area (Å²) in [6.45, 7) is 17.5. The van der Waals surface area contributed by atoms with Crippen LogP contribution in [0.5, 0.6) is 0 Å². The third-order valence-electron chi connectivity index (χ3n) is 5.56. The van der Waals surface area contributed by atoms with Gasteiger partial charge >= 0.3 is 0 Å². The molecule has 0 atom stereocenters. The third-order valence-corrected chi connectivity index (χ3v) is 5.56. The lowest BCUT2D eigenvalue weighted by atomic mass is 9.80. The lowest BCUT2D eigenvalue weighted by Gasteiger charge is -2.42. The monoisotopic (exact) mass is 442 g/mol. The van der Waals surface area contributed by atoms with Gasteiger partial charge in [-0.1, -0.05) is 41.5 Å². The van der Waals surface area contributed by atoms with Gasteiger partial charge in [0.05, 0.1) is 17.6 Å². The largest absolute Gasteiger partial charge is 0.353 e. The van der Waals surface area contributed by atoms with E-state index in [4.69, 9.17) is 4.98 Å². The van der Waals surface area contributed by atoms with E-state index in [2.05, 4.69) is 82.7 Å². The number of amides is 1. The van der Waals surface area contributed by atoms with Gasteiger partial charge < -0.3 is 10.2 Å². The van der Waals surface area contributed by atoms with Crippen molar-refractivity contribution in [1.82, 2.24) is 19.6 Å². The van der Waals surface area contributed by atoms with Crippen molar-refractivity contribution in [2.75, 3.05) is 17.3 Å². The van der Waals surface area contributed by atoms with Gasteiger partial charge in [0.2, 0.25) is 5.95 Å². The number of hydrogen-bond acceptors (Lipinski definition) is 4. The predicted octanol–water partition coefficient (Wildman–Crippen LogP) is 5.40. The molecular weight excluding hydrogens is 407 g/mol. The van der Waals surface area contributed by atoms with E-state index in [0.717, 1.165) is 17.9 Å². The average Bonchev–Trinajstić information content (AvgIpc) is 3.19. The fourth-order valence-corrected chi connectivity index (χ4v) is 4.24. The Morgan fingerprint density at radius 1 is 1.16 bits per heavy atom. The Balaban J connectivity index is 2.07. The van der Waals surface area contributed by atoms with Gasteiger partial charge in [0.25, 0.3) is 5.91 Å². The topological polar surface area (TPSA) is 78.3 Å². The summed E-state index contributed by atoms with van der Waals surface area (Å²) in [7, 11) is 2.08. The Bertz CT molecular complexity index is 1110. The first kappa shape index (κ1) is 23.8. The second-order valence-electron chi connectivity index (χ2n) is 11.3. The summed E-state index contributed by atoms with van der Waals surface area (Å²) in [5.41, 5.74) is 2.05. The number of imidazole rings is 1. The maximum atomic E-state index is 13.1. The minimum atomic E-state index is -0.597. The van der Waals surface area contributed by atoms with E-state index in [1.807, 2.05) is 4.52 Å². The molecule has 1 amide bonds. The van der Waals surface area contributed by atoms with Crippen LogP contribution in [-0.2, 0) is 5.41 Å². The van der Waals surface area contributed by atoms with Gasteiger partial charge in [-0.3, -0.25) is 9.89 Å². The number of carbonyl (C=O) groups is 1. The summed E-state index contributed by atoms with van der Waals surface area (Å²) in [5, 5.41) is 5.98. The van der Waals surface area contributed by atoms with Crippen molar-refractivity contribution in [3.05, 3.63) is 41.7 Å². The van der Waals surface area contributed by atoms with Crippen molar-refractivity contribution in [1.29, 1.82) is 0 Å². The number of fused-ring (bicyclic) bond motifs is 1.